The molecule has 3 rings (SSSR count). The zero-order valence-corrected chi connectivity index (χ0v) is 15.5. The van der Waals surface area contributed by atoms with Gasteiger partial charge in [-0.25, -0.2) is 0 Å². The van der Waals surface area contributed by atoms with Crippen molar-refractivity contribution in [3.63, 3.8) is 0 Å². The van der Waals surface area contributed by atoms with Gasteiger partial charge in [0.1, 0.15) is 32.7 Å². The Morgan fingerprint density at radius 2 is 1.64 bits per heavy atom. The van der Waals surface area contributed by atoms with E-state index >= 15 is 0 Å². The predicted octanol–water partition coefficient (Wildman–Crippen LogP) is 0.916. The first kappa shape index (κ1) is 18.2. The van der Waals surface area contributed by atoms with E-state index in [0.29, 0.717) is 22.3 Å². The third-order valence-electron chi connectivity index (χ3n) is 4.57. The van der Waals surface area contributed by atoms with E-state index in [-0.39, 0.29) is 5.91 Å². The van der Waals surface area contributed by atoms with E-state index < -0.39 is 0 Å². The summed E-state index contributed by atoms with van der Waals surface area (Å²) >= 11 is 12.1. The molecule has 132 valence electrons. The predicted molar refractivity (Wildman–Crippen MR) is 101 cm³/mol. The maximum Gasteiger partial charge on any atom is 0.279 e. The Morgan fingerprint density at radius 1 is 0.960 bits per heavy atom. The molecule has 3 N–H and O–H groups in total. The van der Waals surface area contributed by atoms with Gasteiger partial charge >= 0.3 is 0 Å². The standard InChI is InChI=1S/C19H21Cl2N3O/c20-16-6-7-17(21)18(12-16)22-19(25)14-24-10-8-23(9-11-24)13-15-4-2-1-3-5-15/h1-7,12H,8-11,13-14H2,(H,22,25)/p+2. The van der Waals surface area contributed by atoms with Gasteiger partial charge in [-0.15, -0.1) is 0 Å². The second-order valence-electron chi connectivity index (χ2n) is 6.51. The van der Waals surface area contributed by atoms with Crippen molar-refractivity contribution >= 4 is 34.8 Å². The lowest BCUT2D eigenvalue weighted by Crippen LogP contribution is -3.28. The van der Waals surface area contributed by atoms with Crippen LogP contribution in [0.4, 0.5) is 5.69 Å². The zero-order chi connectivity index (χ0) is 17.6. The largest absolute Gasteiger partial charge is 0.322 e. The molecule has 0 aliphatic carbocycles. The van der Waals surface area contributed by atoms with Gasteiger partial charge in [-0.2, -0.15) is 0 Å². The molecule has 2 aromatic rings. The van der Waals surface area contributed by atoms with E-state index in [1.165, 1.54) is 10.5 Å². The topological polar surface area (TPSA) is 38.0 Å². The fourth-order valence-corrected chi connectivity index (χ4v) is 3.55. The van der Waals surface area contributed by atoms with Crippen LogP contribution < -0.4 is 15.1 Å². The van der Waals surface area contributed by atoms with Crippen LogP contribution in [0, 0.1) is 0 Å². The fraction of sp³-hybridized carbons (Fsp3) is 0.316. The number of anilines is 1. The van der Waals surface area contributed by atoms with Crippen LogP contribution >= 0.6 is 23.2 Å². The summed E-state index contributed by atoms with van der Waals surface area (Å²) in [6, 6.07) is 15.6. The van der Waals surface area contributed by atoms with Crippen molar-refractivity contribution in [1.29, 1.82) is 0 Å². The minimum atomic E-state index is -0.0225. The highest BCUT2D eigenvalue weighted by Gasteiger charge is 2.25. The van der Waals surface area contributed by atoms with Crippen LogP contribution in [0.15, 0.2) is 48.5 Å². The van der Waals surface area contributed by atoms with Crippen LogP contribution in [0.25, 0.3) is 0 Å². The third kappa shape index (κ3) is 5.44. The molecule has 0 unspecified atom stereocenters. The Hall–Kier alpha value is -1.59. The molecule has 2 aromatic carbocycles. The number of halogens is 2. The number of rotatable bonds is 5. The van der Waals surface area contributed by atoms with Crippen molar-refractivity contribution in [2.24, 2.45) is 0 Å². The van der Waals surface area contributed by atoms with Crippen LogP contribution in [0.3, 0.4) is 0 Å². The SMILES string of the molecule is O=C(C[NH+]1CC[NH+](Cc2ccccc2)CC1)Nc1cc(Cl)ccc1Cl. The van der Waals surface area contributed by atoms with Gasteiger partial charge in [-0.1, -0.05) is 53.5 Å². The van der Waals surface area contributed by atoms with Gasteiger partial charge in [-0.3, -0.25) is 4.79 Å². The van der Waals surface area contributed by atoms with E-state index in [9.17, 15) is 4.79 Å². The maximum absolute atomic E-state index is 12.3. The van der Waals surface area contributed by atoms with E-state index in [1.54, 1.807) is 23.1 Å². The number of piperazine rings is 1. The molecule has 1 heterocycles. The molecule has 4 nitrogen and oxygen atoms in total. The Kier molecular flexibility index (Phi) is 6.32. The van der Waals surface area contributed by atoms with E-state index in [0.717, 1.165) is 32.7 Å². The summed E-state index contributed by atoms with van der Waals surface area (Å²) in [4.78, 5) is 15.2. The van der Waals surface area contributed by atoms with E-state index in [1.807, 2.05) is 6.07 Å². The summed E-state index contributed by atoms with van der Waals surface area (Å²) < 4.78 is 0. The molecule has 1 fully saturated rings. The lowest BCUT2D eigenvalue weighted by molar-refractivity contribution is -1.02. The normalized spacial score (nSPS) is 20.2. The second kappa shape index (κ2) is 8.68. The molecule has 0 atom stereocenters. The van der Waals surface area contributed by atoms with E-state index in [2.05, 4.69) is 29.6 Å². The molecular formula is C19H23Cl2N3O+2. The highest BCUT2D eigenvalue weighted by atomic mass is 35.5. The maximum atomic E-state index is 12.3. The fourth-order valence-electron chi connectivity index (χ4n) is 3.21. The van der Waals surface area contributed by atoms with Gasteiger partial charge in [0.15, 0.2) is 6.54 Å². The smallest absolute Gasteiger partial charge is 0.279 e. The second-order valence-corrected chi connectivity index (χ2v) is 7.36. The quantitative estimate of drug-likeness (QED) is 0.709. The number of benzene rings is 2. The third-order valence-corrected chi connectivity index (χ3v) is 5.14. The average molecular weight is 380 g/mol. The highest BCUT2D eigenvalue weighted by Crippen LogP contribution is 2.25. The molecule has 1 amide bonds. The Labute approximate surface area is 158 Å². The van der Waals surface area contributed by atoms with Crippen LogP contribution in [0.5, 0.6) is 0 Å². The summed E-state index contributed by atoms with van der Waals surface area (Å²) in [6.07, 6.45) is 0. The van der Waals surface area contributed by atoms with Gasteiger partial charge < -0.3 is 15.1 Å². The number of carbonyl (C=O) groups excluding carboxylic acids is 1. The van der Waals surface area contributed by atoms with Crippen LogP contribution in [0.2, 0.25) is 10.0 Å². The van der Waals surface area contributed by atoms with Crippen LogP contribution in [-0.2, 0) is 11.3 Å². The molecule has 1 aliphatic rings. The van der Waals surface area contributed by atoms with E-state index in [4.69, 9.17) is 23.2 Å². The number of carbonyl (C=O) groups is 1. The van der Waals surface area contributed by atoms with Crippen molar-refractivity contribution in [2.45, 2.75) is 6.54 Å². The number of quaternary nitrogens is 2. The summed E-state index contributed by atoms with van der Waals surface area (Å²) in [5.74, 6) is -0.0225. The van der Waals surface area contributed by atoms with Gasteiger partial charge in [0, 0.05) is 10.6 Å². The molecule has 0 spiro atoms. The first-order chi connectivity index (χ1) is 12.1. The Balaban J connectivity index is 1.45. The molecular weight excluding hydrogens is 357 g/mol. The zero-order valence-electron chi connectivity index (χ0n) is 14.0. The van der Waals surface area contributed by atoms with Crippen molar-refractivity contribution in [3.05, 3.63) is 64.1 Å². The molecule has 0 bridgehead atoms. The lowest BCUT2D eigenvalue weighted by atomic mass is 10.2. The number of amides is 1. The minimum Gasteiger partial charge on any atom is -0.322 e. The van der Waals surface area contributed by atoms with Gasteiger partial charge in [-0.05, 0) is 18.2 Å². The number of hydrogen-bond acceptors (Lipinski definition) is 1. The first-order valence-electron chi connectivity index (χ1n) is 8.56. The summed E-state index contributed by atoms with van der Waals surface area (Å²) in [6.45, 7) is 5.67. The van der Waals surface area contributed by atoms with Crippen LogP contribution in [-0.4, -0.2) is 38.6 Å². The molecule has 1 aliphatic heterocycles. The first-order valence-corrected chi connectivity index (χ1v) is 9.32. The van der Waals surface area contributed by atoms with Crippen LogP contribution in [0.1, 0.15) is 5.56 Å². The Bertz CT molecular complexity index is 716. The molecule has 0 saturated carbocycles. The summed E-state index contributed by atoms with van der Waals surface area (Å²) in [5.41, 5.74) is 1.95. The molecule has 25 heavy (non-hydrogen) atoms. The monoisotopic (exact) mass is 379 g/mol. The highest BCUT2D eigenvalue weighted by molar-refractivity contribution is 6.35. The summed E-state index contributed by atoms with van der Waals surface area (Å²) in [5, 5.41) is 3.93. The molecule has 1 saturated heterocycles. The van der Waals surface area contributed by atoms with Gasteiger partial charge in [0.25, 0.3) is 5.91 Å². The average Bonchev–Trinajstić information content (AvgIpc) is 2.61. The molecule has 6 heteroatoms. The molecule has 0 aromatic heterocycles. The van der Waals surface area contributed by atoms with Crippen molar-refractivity contribution in [3.8, 4) is 0 Å². The Morgan fingerprint density at radius 3 is 2.36 bits per heavy atom. The number of nitrogens with one attached hydrogen (secondary N) is 3. The summed E-state index contributed by atoms with van der Waals surface area (Å²) in [7, 11) is 0. The lowest BCUT2D eigenvalue weighted by Gasteiger charge is -2.29. The van der Waals surface area contributed by atoms with Crippen molar-refractivity contribution < 1.29 is 14.6 Å². The molecule has 0 radical (unpaired) electrons. The number of hydrogen-bond donors (Lipinski definition) is 3. The minimum absolute atomic E-state index is 0.0225. The van der Waals surface area contributed by atoms with Gasteiger partial charge in [0.05, 0.1) is 10.7 Å². The van der Waals surface area contributed by atoms with Gasteiger partial charge in [0.2, 0.25) is 0 Å². The van der Waals surface area contributed by atoms with Crippen molar-refractivity contribution in [1.82, 2.24) is 0 Å². The van der Waals surface area contributed by atoms with Crippen molar-refractivity contribution in [2.75, 3.05) is 38.0 Å².